The van der Waals surface area contributed by atoms with E-state index in [-0.39, 0.29) is 34.9 Å². The second-order valence-electron chi connectivity index (χ2n) is 8.58. The Kier molecular flexibility index (Phi) is 6.51. The van der Waals surface area contributed by atoms with Gasteiger partial charge >= 0.3 is 6.09 Å². The van der Waals surface area contributed by atoms with E-state index >= 15 is 0 Å². The number of alkyl carbamates (subject to hydrolysis) is 1. The van der Waals surface area contributed by atoms with E-state index in [1.807, 2.05) is 6.92 Å². The maximum absolute atomic E-state index is 13.4. The largest absolute Gasteiger partial charge is 0.492 e. The summed E-state index contributed by atoms with van der Waals surface area (Å²) in [6, 6.07) is 6.15. The number of hydrogen-bond acceptors (Lipinski definition) is 7. The van der Waals surface area contributed by atoms with Gasteiger partial charge in [-0.15, -0.1) is 0 Å². The number of ether oxygens (including phenoxy) is 2. The molecule has 1 heterocycles. The quantitative estimate of drug-likeness (QED) is 0.683. The smallest absolute Gasteiger partial charge is 0.407 e. The van der Waals surface area contributed by atoms with Gasteiger partial charge in [-0.05, 0) is 51.8 Å². The minimum Gasteiger partial charge on any atom is -0.492 e. The van der Waals surface area contributed by atoms with Crippen LogP contribution in [0.5, 0.6) is 0 Å². The Morgan fingerprint density at radius 2 is 1.76 bits per heavy atom. The summed E-state index contributed by atoms with van der Waals surface area (Å²) in [5, 5.41) is 2.57. The second kappa shape index (κ2) is 8.86. The Labute approximate surface area is 192 Å². The number of aromatic nitrogens is 1. The number of ketones is 2. The van der Waals surface area contributed by atoms with Crippen molar-refractivity contribution in [1.82, 2.24) is 9.29 Å². The number of allylic oxidation sites excluding steroid dienone is 2. The molecule has 0 fully saturated rings. The number of hydrogen-bond donors (Lipinski definition) is 1. The number of nitrogens with one attached hydrogen (secondary N) is 1. The van der Waals surface area contributed by atoms with Gasteiger partial charge in [0.15, 0.2) is 11.5 Å². The zero-order valence-corrected chi connectivity index (χ0v) is 19.9. The van der Waals surface area contributed by atoms with Crippen LogP contribution in [0.15, 0.2) is 47.2 Å². The molecule has 2 aromatic rings. The molecule has 0 atom stereocenters. The predicted molar refractivity (Wildman–Crippen MR) is 120 cm³/mol. The molecule has 33 heavy (non-hydrogen) atoms. The average molecular weight is 475 g/mol. The zero-order valence-electron chi connectivity index (χ0n) is 19.1. The van der Waals surface area contributed by atoms with E-state index in [4.69, 9.17) is 9.47 Å². The molecule has 1 aliphatic carbocycles. The zero-order chi connectivity index (χ0) is 24.6. The number of carbonyl (C=O) groups excluding carboxylic acids is 3. The highest BCUT2D eigenvalue weighted by Crippen LogP contribution is 2.30. The summed E-state index contributed by atoms with van der Waals surface area (Å²) in [4.78, 5) is 37.7. The number of nitrogens with zero attached hydrogens (tertiary/aromatic N) is 1. The lowest BCUT2D eigenvalue weighted by atomic mass is 9.96. The first-order chi connectivity index (χ1) is 15.3. The average Bonchev–Trinajstić information content (AvgIpc) is 3.11. The van der Waals surface area contributed by atoms with Gasteiger partial charge in [0, 0.05) is 18.8 Å². The van der Waals surface area contributed by atoms with Crippen LogP contribution in [0.2, 0.25) is 0 Å². The standard InChI is InChI=1S/C23H26N2O7S/c1-14-6-8-16(9-7-14)33(29,30)25-13-15(10-11-24-22(28)32-23(2,3)4)19-17(26)12-18(31-5)21(27)20(19)25/h6-9,12-13H,10-11H2,1-5H3,(H,24,28). The number of aryl methyl sites for hydroxylation is 1. The van der Waals surface area contributed by atoms with Crippen LogP contribution in [0.25, 0.3) is 0 Å². The van der Waals surface area contributed by atoms with Crippen LogP contribution in [0.4, 0.5) is 4.79 Å². The molecule has 176 valence electrons. The van der Waals surface area contributed by atoms with Gasteiger partial charge in [-0.25, -0.2) is 17.2 Å². The lowest BCUT2D eigenvalue weighted by Crippen LogP contribution is -2.33. The van der Waals surface area contributed by atoms with Crippen LogP contribution < -0.4 is 5.32 Å². The lowest BCUT2D eigenvalue weighted by Gasteiger charge is -2.19. The van der Waals surface area contributed by atoms with E-state index in [1.165, 1.54) is 25.4 Å². The fourth-order valence-corrected chi connectivity index (χ4v) is 4.75. The van der Waals surface area contributed by atoms with E-state index in [9.17, 15) is 22.8 Å². The van der Waals surface area contributed by atoms with Crippen molar-refractivity contribution in [3.05, 3.63) is 64.7 Å². The van der Waals surface area contributed by atoms with Crippen molar-refractivity contribution >= 4 is 27.7 Å². The molecule has 0 aliphatic heterocycles. The fraction of sp³-hybridized carbons (Fsp3) is 0.348. The number of fused-ring (bicyclic) bond motifs is 1. The number of benzene rings is 1. The maximum atomic E-state index is 13.4. The molecule has 0 saturated carbocycles. The van der Waals surface area contributed by atoms with Crippen LogP contribution in [-0.2, 0) is 25.9 Å². The summed E-state index contributed by atoms with van der Waals surface area (Å²) >= 11 is 0. The van der Waals surface area contributed by atoms with Gasteiger partial charge in [0.25, 0.3) is 10.0 Å². The minimum absolute atomic E-state index is 0.0255. The van der Waals surface area contributed by atoms with E-state index in [2.05, 4.69) is 5.32 Å². The first-order valence-electron chi connectivity index (χ1n) is 10.2. The van der Waals surface area contributed by atoms with Gasteiger partial charge in [-0.3, -0.25) is 9.59 Å². The summed E-state index contributed by atoms with van der Waals surface area (Å²) in [6.45, 7) is 7.06. The third kappa shape index (κ3) is 5.00. The molecule has 1 aromatic heterocycles. The third-order valence-electron chi connectivity index (χ3n) is 4.86. The number of rotatable bonds is 6. The summed E-state index contributed by atoms with van der Waals surface area (Å²) in [5.41, 5.74) is 0.183. The fourth-order valence-electron chi connectivity index (χ4n) is 3.36. The van der Waals surface area contributed by atoms with Crippen LogP contribution in [-0.4, -0.2) is 49.3 Å². The molecule has 0 spiro atoms. The topological polar surface area (TPSA) is 121 Å². The molecular formula is C23H26N2O7S. The molecular weight excluding hydrogens is 448 g/mol. The number of Topliss-reactive ketones (excluding diaryl/α,β-unsaturated/α-hetero) is 1. The summed E-state index contributed by atoms with van der Waals surface area (Å²) in [6.07, 6.45) is 1.75. The highest BCUT2D eigenvalue weighted by Gasteiger charge is 2.36. The van der Waals surface area contributed by atoms with Crippen molar-refractivity contribution in [2.45, 2.75) is 44.6 Å². The number of amides is 1. The highest BCUT2D eigenvalue weighted by molar-refractivity contribution is 7.90. The molecule has 9 nitrogen and oxygen atoms in total. The first-order valence-corrected chi connectivity index (χ1v) is 11.7. The van der Waals surface area contributed by atoms with Crippen molar-refractivity contribution in [3.63, 3.8) is 0 Å². The van der Waals surface area contributed by atoms with Crippen molar-refractivity contribution in [2.75, 3.05) is 13.7 Å². The van der Waals surface area contributed by atoms with E-state index in [0.29, 0.717) is 5.56 Å². The van der Waals surface area contributed by atoms with Crippen LogP contribution in [0.1, 0.15) is 52.7 Å². The molecule has 3 rings (SSSR count). The molecule has 1 N–H and O–H groups in total. The Bertz CT molecular complexity index is 1250. The molecule has 0 radical (unpaired) electrons. The van der Waals surface area contributed by atoms with Gasteiger partial charge < -0.3 is 14.8 Å². The third-order valence-corrected chi connectivity index (χ3v) is 6.53. The van der Waals surface area contributed by atoms with Crippen LogP contribution >= 0.6 is 0 Å². The van der Waals surface area contributed by atoms with E-state index in [1.54, 1.807) is 32.9 Å². The molecule has 1 aliphatic rings. The van der Waals surface area contributed by atoms with E-state index < -0.39 is 33.3 Å². The Morgan fingerprint density at radius 3 is 2.33 bits per heavy atom. The number of carbonyl (C=O) groups is 3. The summed E-state index contributed by atoms with van der Waals surface area (Å²) in [7, 11) is -2.95. The normalized spacial score (nSPS) is 13.9. The second-order valence-corrected chi connectivity index (χ2v) is 10.4. The van der Waals surface area contributed by atoms with Crippen molar-refractivity contribution in [3.8, 4) is 0 Å². The van der Waals surface area contributed by atoms with Crippen LogP contribution in [0.3, 0.4) is 0 Å². The molecule has 0 unspecified atom stereocenters. The molecule has 10 heteroatoms. The van der Waals surface area contributed by atoms with Gasteiger partial charge in [0.05, 0.1) is 17.6 Å². The molecule has 0 saturated heterocycles. The lowest BCUT2D eigenvalue weighted by molar-refractivity contribution is 0.0528. The van der Waals surface area contributed by atoms with Gasteiger partial charge in [-0.1, -0.05) is 17.7 Å². The first kappa shape index (κ1) is 24.2. The Hall–Kier alpha value is -3.40. The Balaban J connectivity index is 2.02. The van der Waals surface area contributed by atoms with Crippen molar-refractivity contribution < 1.29 is 32.3 Å². The minimum atomic E-state index is -4.18. The maximum Gasteiger partial charge on any atom is 0.407 e. The van der Waals surface area contributed by atoms with Gasteiger partial charge in [0.1, 0.15) is 11.3 Å². The predicted octanol–water partition coefficient (Wildman–Crippen LogP) is 3.01. The SMILES string of the molecule is COC1=CC(=O)c2c(CCNC(=O)OC(C)(C)C)cn(S(=O)(=O)c3ccc(C)cc3)c2C1=O. The van der Waals surface area contributed by atoms with Gasteiger partial charge in [0.2, 0.25) is 5.78 Å². The Morgan fingerprint density at radius 1 is 1.12 bits per heavy atom. The summed E-state index contributed by atoms with van der Waals surface area (Å²) < 4.78 is 37.7. The van der Waals surface area contributed by atoms with Gasteiger partial charge in [-0.2, -0.15) is 0 Å². The van der Waals surface area contributed by atoms with Crippen LogP contribution in [0, 0.1) is 6.92 Å². The van der Waals surface area contributed by atoms with Crippen molar-refractivity contribution in [2.24, 2.45) is 0 Å². The highest BCUT2D eigenvalue weighted by atomic mass is 32.2. The summed E-state index contributed by atoms with van der Waals surface area (Å²) in [5.74, 6) is -1.51. The molecule has 0 bridgehead atoms. The monoisotopic (exact) mass is 474 g/mol. The molecule has 1 amide bonds. The van der Waals surface area contributed by atoms with E-state index in [0.717, 1.165) is 15.6 Å². The number of methoxy groups -OCH3 is 1. The van der Waals surface area contributed by atoms with Crippen molar-refractivity contribution in [1.29, 1.82) is 0 Å². The molecule has 1 aromatic carbocycles.